The highest BCUT2D eigenvalue weighted by Gasteiger charge is 2.25. The summed E-state index contributed by atoms with van der Waals surface area (Å²) in [5.41, 5.74) is 16.0. The van der Waals surface area contributed by atoms with E-state index >= 15 is 0 Å². The summed E-state index contributed by atoms with van der Waals surface area (Å²) in [6.45, 7) is 5.03. The molecule has 0 heterocycles. The van der Waals surface area contributed by atoms with Crippen molar-refractivity contribution >= 4 is 11.4 Å². The largest absolute Gasteiger partial charge is 0.489 e. The van der Waals surface area contributed by atoms with Crippen LogP contribution in [0.1, 0.15) is 57.1 Å². The Kier molecular flexibility index (Phi) is 8.12. The van der Waals surface area contributed by atoms with Crippen LogP contribution >= 0.6 is 0 Å². The number of hydrogen-bond acceptors (Lipinski definition) is 5. The van der Waals surface area contributed by atoms with Crippen molar-refractivity contribution in [1.82, 2.24) is 0 Å². The highest BCUT2D eigenvalue weighted by Crippen LogP contribution is 2.26. The summed E-state index contributed by atoms with van der Waals surface area (Å²) in [4.78, 5) is 0. The molecule has 0 saturated carbocycles. The third-order valence-electron chi connectivity index (χ3n) is 5.92. The molecule has 5 heteroatoms. The Balaban J connectivity index is 1.56. The predicted octanol–water partition coefficient (Wildman–Crippen LogP) is 5.44. The van der Waals surface area contributed by atoms with Crippen molar-refractivity contribution in [2.24, 2.45) is 11.5 Å². The van der Waals surface area contributed by atoms with Crippen LogP contribution in [0.2, 0.25) is 0 Å². The van der Waals surface area contributed by atoms with Crippen LogP contribution < -0.4 is 20.9 Å². The summed E-state index contributed by atoms with van der Waals surface area (Å²) < 4.78 is 12.3. The zero-order valence-electron chi connectivity index (χ0n) is 19.2. The second-order valence-electron chi connectivity index (χ2n) is 8.52. The summed E-state index contributed by atoms with van der Waals surface area (Å²) in [6.07, 6.45) is 9.05. The molecular formula is C27H35N3O2. The number of nitrogens with one attached hydrogen (secondary N) is 1. The molecule has 5 nitrogen and oxygen atoms in total. The molecule has 2 aromatic carbocycles. The molecule has 1 aliphatic carbocycles. The minimum atomic E-state index is -0.472. The molecule has 0 amide bonds. The maximum absolute atomic E-state index is 8.02. The average molecular weight is 434 g/mol. The van der Waals surface area contributed by atoms with Gasteiger partial charge in [-0.2, -0.15) is 0 Å². The third kappa shape index (κ3) is 6.47. The molecule has 1 unspecified atom stereocenters. The van der Waals surface area contributed by atoms with Crippen molar-refractivity contribution in [3.8, 4) is 11.5 Å². The van der Waals surface area contributed by atoms with Gasteiger partial charge >= 0.3 is 0 Å². The Bertz CT molecular complexity index is 961. The standard InChI is InChI=1S/C27H35N3O2/c1-3-27(2,32-24-14-10-22(11-15-24)26(30)17-18-28)19-31-23-12-8-21(9-13-23)25(29)16-7-20-5-4-6-20/h5,8-16,30H,3-4,6-7,17-19,28-29H2,1-2H3/b25-16+,30-26?. The maximum Gasteiger partial charge on any atom is 0.140 e. The number of rotatable bonds is 12. The van der Waals surface area contributed by atoms with Crippen molar-refractivity contribution in [3.05, 3.63) is 77.4 Å². The van der Waals surface area contributed by atoms with Crippen molar-refractivity contribution < 1.29 is 9.47 Å². The molecule has 1 atom stereocenters. The van der Waals surface area contributed by atoms with Gasteiger partial charge in [-0.25, -0.2) is 0 Å². The van der Waals surface area contributed by atoms with Crippen LogP contribution in [-0.4, -0.2) is 24.5 Å². The lowest BCUT2D eigenvalue weighted by atomic mass is 9.95. The van der Waals surface area contributed by atoms with Gasteiger partial charge in [0.1, 0.15) is 23.7 Å². The Hall–Kier alpha value is -3.05. The molecule has 3 rings (SSSR count). The molecule has 0 spiro atoms. The normalized spacial score (nSPS) is 15.3. The van der Waals surface area contributed by atoms with E-state index in [2.05, 4.69) is 19.1 Å². The fourth-order valence-corrected chi connectivity index (χ4v) is 3.37. The average Bonchev–Trinajstić information content (AvgIpc) is 2.77. The van der Waals surface area contributed by atoms with Crippen LogP contribution in [0.15, 0.2) is 66.3 Å². The first kappa shape index (κ1) is 23.6. The summed E-state index contributed by atoms with van der Waals surface area (Å²) in [5, 5.41) is 8.02. The molecule has 2 aromatic rings. The SMILES string of the molecule is CCC(C)(COc1ccc(/C(N)=C\CC2=CCC2)cc1)Oc1ccc(C(=N)CCN)cc1. The van der Waals surface area contributed by atoms with Gasteiger partial charge in [-0.15, -0.1) is 0 Å². The van der Waals surface area contributed by atoms with Crippen molar-refractivity contribution in [1.29, 1.82) is 5.41 Å². The van der Waals surface area contributed by atoms with Crippen LogP contribution in [0, 0.1) is 5.41 Å². The topological polar surface area (TPSA) is 94.4 Å². The minimum Gasteiger partial charge on any atom is -0.489 e. The lowest BCUT2D eigenvalue weighted by Gasteiger charge is -2.29. The van der Waals surface area contributed by atoms with Gasteiger partial charge in [-0.3, -0.25) is 0 Å². The zero-order valence-corrected chi connectivity index (χ0v) is 19.2. The number of ether oxygens (including phenoxy) is 2. The first-order valence-corrected chi connectivity index (χ1v) is 11.4. The Morgan fingerprint density at radius 1 is 1.06 bits per heavy atom. The number of benzene rings is 2. The van der Waals surface area contributed by atoms with Crippen molar-refractivity contribution in [2.45, 2.75) is 51.6 Å². The van der Waals surface area contributed by atoms with E-state index in [-0.39, 0.29) is 0 Å². The molecule has 0 aromatic heterocycles. The molecule has 32 heavy (non-hydrogen) atoms. The smallest absolute Gasteiger partial charge is 0.140 e. The van der Waals surface area contributed by atoms with Gasteiger partial charge in [0.05, 0.1) is 0 Å². The second-order valence-corrected chi connectivity index (χ2v) is 8.52. The maximum atomic E-state index is 8.02. The van der Waals surface area contributed by atoms with Crippen LogP contribution in [0.25, 0.3) is 5.70 Å². The molecule has 1 aliphatic rings. The molecule has 0 aliphatic heterocycles. The van der Waals surface area contributed by atoms with E-state index in [1.807, 2.05) is 55.5 Å². The van der Waals surface area contributed by atoms with Gasteiger partial charge in [0, 0.05) is 17.8 Å². The van der Waals surface area contributed by atoms with Gasteiger partial charge in [0.25, 0.3) is 0 Å². The second kappa shape index (κ2) is 11.0. The Morgan fingerprint density at radius 2 is 1.69 bits per heavy atom. The third-order valence-corrected chi connectivity index (χ3v) is 5.92. The van der Waals surface area contributed by atoms with Gasteiger partial charge < -0.3 is 26.4 Å². The predicted molar refractivity (Wildman–Crippen MR) is 132 cm³/mol. The van der Waals surface area contributed by atoms with Gasteiger partial charge in [-0.1, -0.05) is 24.6 Å². The van der Waals surface area contributed by atoms with E-state index in [1.54, 1.807) is 0 Å². The van der Waals surface area contributed by atoms with Gasteiger partial charge in [0.2, 0.25) is 0 Å². The summed E-state index contributed by atoms with van der Waals surface area (Å²) >= 11 is 0. The fourth-order valence-electron chi connectivity index (χ4n) is 3.37. The fraction of sp³-hybridized carbons (Fsp3) is 0.370. The molecular weight excluding hydrogens is 398 g/mol. The molecule has 0 fully saturated rings. The quantitative estimate of drug-likeness (QED) is 0.307. The van der Waals surface area contributed by atoms with Crippen LogP contribution in [0.5, 0.6) is 11.5 Å². The first-order chi connectivity index (χ1) is 15.4. The highest BCUT2D eigenvalue weighted by molar-refractivity contribution is 5.98. The lowest BCUT2D eigenvalue weighted by molar-refractivity contribution is 0.0321. The van der Waals surface area contributed by atoms with Crippen LogP contribution in [0.4, 0.5) is 0 Å². The number of hydrogen-bond donors (Lipinski definition) is 3. The Morgan fingerprint density at radius 3 is 2.25 bits per heavy atom. The Labute approximate surface area is 191 Å². The zero-order chi connectivity index (χ0) is 23.0. The van der Waals surface area contributed by atoms with E-state index in [0.29, 0.717) is 25.3 Å². The first-order valence-electron chi connectivity index (χ1n) is 11.4. The van der Waals surface area contributed by atoms with E-state index in [0.717, 1.165) is 41.2 Å². The van der Waals surface area contributed by atoms with E-state index in [4.69, 9.17) is 26.4 Å². The van der Waals surface area contributed by atoms with Gasteiger partial charge in [-0.05, 0) is 98.8 Å². The van der Waals surface area contributed by atoms with E-state index in [9.17, 15) is 0 Å². The highest BCUT2D eigenvalue weighted by atomic mass is 16.5. The monoisotopic (exact) mass is 433 g/mol. The van der Waals surface area contributed by atoms with Crippen molar-refractivity contribution in [3.63, 3.8) is 0 Å². The summed E-state index contributed by atoms with van der Waals surface area (Å²) in [6, 6.07) is 15.5. The molecule has 170 valence electrons. The lowest BCUT2D eigenvalue weighted by Crippen LogP contribution is -2.38. The molecule has 0 saturated heterocycles. The summed E-state index contributed by atoms with van der Waals surface area (Å²) in [5.74, 6) is 1.55. The molecule has 0 radical (unpaired) electrons. The van der Waals surface area contributed by atoms with E-state index < -0.39 is 5.60 Å². The number of nitrogens with two attached hydrogens (primary N) is 2. The molecule has 5 N–H and O–H groups in total. The van der Waals surface area contributed by atoms with Crippen molar-refractivity contribution in [2.75, 3.05) is 13.2 Å². The van der Waals surface area contributed by atoms with Gasteiger partial charge in [0.15, 0.2) is 0 Å². The summed E-state index contributed by atoms with van der Waals surface area (Å²) in [7, 11) is 0. The number of allylic oxidation sites excluding steroid dienone is 3. The minimum absolute atomic E-state index is 0.424. The van der Waals surface area contributed by atoms with Crippen LogP contribution in [0.3, 0.4) is 0 Å². The van der Waals surface area contributed by atoms with E-state index in [1.165, 1.54) is 18.4 Å². The van der Waals surface area contributed by atoms with Crippen LogP contribution in [-0.2, 0) is 0 Å². The molecule has 0 bridgehead atoms.